The highest BCUT2D eigenvalue weighted by Gasteiger charge is 2.44. The number of pyridine rings is 1. The zero-order valence-electron chi connectivity index (χ0n) is 22.1. The van der Waals surface area contributed by atoms with Crippen molar-refractivity contribution in [2.75, 3.05) is 36.3 Å². The van der Waals surface area contributed by atoms with Gasteiger partial charge in [-0.05, 0) is 53.8 Å². The lowest BCUT2D eigenvalue weighted by Gasteiger charge is -2.39. The van der Waals surface area contributed by atoms with Crippen molar-refractivity contribution >= 4 is 36.9 Å². The third-order valence-electron chi connectivity index (χ3n) is 7.26. The first-order valence-electron chi connectivity index (χ1n) is 12.6. The van der Waals surface area contributed by atoms with Crippen LogP contribution in [-0.2, 0) is 31.2 Å². The molecular formula is C27H29F2N3O6S2. The molecule has 1 aromatic carbocycles. The number of benzene rings is 1. The van der Waals surface area contributed by atoms with Gasteiger partial charge in [-0.1, -0.05) is 0 Å². The Balaban J connectivity index is 1.68. The van der Waals surface area contributed by atoms with Gasteiger partial charge < -0.3 is 14.8 Å². The second kappa shape index (κ2) is 10.3. The monoisotopic (exact) mass is 593 g/mol. The van der Waals surface area contributed by atoms with E-state index in [1.807, 2.05) is 0 Å². The molecule has 2 atom stereocenters. The second-order valence-electron chi connectivity index (χ2n) is 10.4. The number of halogens is 2. The smallest absolute Gasteiger partial charge is 0.264 e. The number of nitrogens with one attached hydrogen (secondary N) is 1. The first-order valence-corrected chi connectivity index (χ1v) is 16.5. The molecule has 2 aliphatic heterocycles. The maximum absolute atomic E-state index is 15.1. The summed E-state index contributed by atoms with van der Waals surface area (Å²) in [6.07, 6.45) is 7.97. The number of rotatable bonds is 8. The summed E-state index contributed by atoms with van der Waals surface area (Å²) >= 11 is 0. The van der Waals surface area contributed by atoms with E-state index in [0.29, 0.717) is 52.9 Å². The van der Waals surface area contributed by atoms with Gasteiger partial charge in [0, 0.05) is 49.8 Å². The van der Waals surface area contributed by atoms with Crippen LogP contribution in [0.3, 0.4) is 0 Å². The lowest BCUT2D eigenvalue weighted by atomic mass is 9.82. The highest BCUT2D eigenvalue weighted by molar-refractivity contribution is 7.91. The Bertz CT molecular complexity index is 1760. The fourth-order valence-electron chi connectivity index (χ4n) is 5.67. The summed E-state index contributed by atoms with van der Waals surface area (Å²) in [6, 6.07) is 4.50. The average Bonchev–Trinajstić information content (AvgIpc) is 3.15. The Kier molecular flexibility index (Phi) is 7.26. The molecule has 2 aromatic rings. The number of allylic oxidation sites excluding steroid dienone is 1. The van der Waals surface area contributed by atoms with Crippen LogP contribution in [0.5, 0.6) is 0 Å². The molecule has 1 N–H and O–H groups in total. The molecule has 2 unspecified atom stereocenters. The van der Waals surface area contributed by atoms with Gasteiger partial charge in [0.1, 0.15) is 11.6 Å². The van der Waals surface area contributed by atoms with E-state index < -0.39 is 37.6 Å². The van der Waals surface area contributed by atoms with E-state index in [0.717, 1.165) is 24.6 Å². The van der Waals surface area contributed by atoms with Crippen molar-refractivity contribution in [3.63, 3.8) is 0 Å². The SMILES string of the molecule is Cn1ccc2c(c1=O)C1=C3C(=CN(c4ccc(F)cc4F)C3C(CCCOS(C)(=O)=O)CN1)C=C2CS(C)(=O)=O. The van der Waals surface area contributed by atoms with E-state index in [-0.39, 0.29) is 29.5 Å². The van der Waals surface area contributed by atoms with Gasteiger partial charge in [0.2, 0.25) is 0 Å². The number of sulfone groups is 1. The van der Waals surface area contributed by atoms with Gasteiger partial charge >= 0.3 is 0 Å². The van der Waals surface area contributed by atoms with Crippen LogP contribution in [0.4, 0.5) is 14.5 Å². The molecule has 0 saturated heterocycles. The van der Waals surface area contributed by atoms with Gasteiger partial charge in [0.05, 0.1) is 41.6 Å². The Morgan fingerprint density at radius 3 is 2.55 bits per heavy atom. The summed E-state index contributed by atoms with van der Waals surface area (Å²) in [5.41, 5.74) is 2.87. The summed E-state index contributed by atoms with van der Waals surface area (Å²) in [6.45, 7) is 0.336. The predicted molar refractivity (Wildman–Crippen MR) is 149 cm³/mol. The van der Waals surface area contributed by atoms with Crippen molar-refractivity contribution in [3.05, 3.63) is 87.0 Å². The molecule has 214 valence electrons. The summed E-state index contributed by atoms with van der Waals surface area (Å²) in [5, 5.41) is 3.38. The maximum atomic E-state index is 15.1. The fraction of sp³-hybridized carbons (Fsp3) is 0.370. The second-order valence-corrected chi connectivity index (χ2v) is 14.2. The van der Waals surface area contributed by atoms with Gasteiger partial charge in [-0.15, -0.1) is 0 Å². The first-order chi connectivity index (χ1) is 18.7. The largest absolute Gasteiger partial charge is 0.384 e. The minimum absolute atomic E-state index is 0.0268. The summed E-state index contributed by atoms with van der Waals surface area (Å²) < 4.78 is 82.9. The van der Waals surface area contributed by atoms with E-state index in [1.54, 1.807) is 36.5 Å². The summed E-state index contributed by atoms with van der Waals surface area (Å²) in [5.74, 6) is -2.01. The lowest BCUT2D eigenvalue weighted by molar-refractivity contribution is 0.289. The lowest BCUT2D eigenvalue weighted by Crippen LogP contribution is -2.46. The van der Waals surface area contributed by atoms with Gasteiger partial charge in [-0.25, -0.2) is 17.2 Å². The van der Waals surface area contributed by atoms with Crippen LogP contribution in [0.15, 0.2) is 58.7 Å². The van der Waals surface area contributed by atoms with Gasteiger partial charge in [-0.3, -0.25) is 8.98 Å². The number of fused-ring (bicyclic) bond motifs is 2. The minimum atomic E-state index is -3.61. The molecule has 0 radical (unpaired) electrons. The van der Waals surface area contributed by atoms with Crippen LogP contribution in [0.1, 0.15) is 24.0 Å². The Hall–Kier alpha value is -3.29. The highest BCUT2D eigenvalue weighted by Crippen LogP contribution is 2.47. The topological polar surface area (TPSA) is 115 Å². The predicted octanol–water partition coefficient (Wildman–Crippen LogP) is 2.56. The molecule has 0 bridgehead atoms. The zero-order chi connectivity index (χ0) is 29.0. The number of anilines is 1. The quantitative estimate of drug-likeness (QED) is 0.367. The number of hydrogen-bond acceptors (Lipinski definition) is 8. The van der Waals surface area contributed by atoms with Crippen molar-refractivity contribution in [2.24, 2.45) is 13.0 Å². The van der Waals surface area contributed by atoms with E-state index in [2.05, 4.69) is 5.32 Å². The van der Waals surface area contributed by atoms with Crippen molar-refractivity contribution in [2.45, 2.75) is 18.9 Å². The van der Waals surface area contributed by atoms with Crippen LogP contribution in [0.2, 0.25) is 0 Å². The standard InChI is InChI=1S/C27H29F2N3O6S2/c1-31-9-8-20-18(15-39(2,34)35)11-17-14-32(22-7-6-19(28)12-21(22)29)26-16(5-4-10-38-40(3,36)37)13-30-25(23(17)26)24(20)27(31)33/h6-9,11-12,14,16,26,30H,4-5,10,13,15H2,1-3H3. The van der Waals surface area contributed by atoms with Crippen molar-refractivity contribution in [1.29, 1.82) is 0 Å². The summed E-state index contributed by atoms with van der Waals surface area (Å²) in [4.78, 5) is 15.2. The average molecular weight is 594 g/mol. The number of nitrogens with zero attached hydrogens (tertiary/aromatic N) is 2. The molecule has 3 aliphatic rings. The molecule has 5 rings (SSSR count). The molecule has 0 fully saturated rings. The van der Waals surface area contributed by atoms with Crippen LogP contribution in [0.25, 0.3) is 11.3 Å². The van der Waals surface area contributed by atoms with Crippen LogP contribution in [0, 0.1) is 17.6 Å². The molecule has 9 nitrogen and oxygen atoms in total. The number of hydrogen-bond donors (Lipinski definition) is 1. The van der Waals surface area contributed by atoms with Gasteiger partial charge in [0.15, 0.2) is 9.84 Å². The number of aryl methyl sites for hydroxylation is 1. The Morgan fingerprint density at radius 1 is 1.12 bits per heavy atom. The van der Waals surface area contributed by atoms with Crippen molar-refractivity contribution < 1.29 is 29.8 Å². The molecule has 1 aromatic heterocycles. The minimum Gasteiger partial charge on any atom is -0.384 e. The molecule has 13 heteroatoms. The van der Waals surface area contributed by atoms with Crippen LogP contribution < -0.4 is 15.8 Å². The van der Waals surface area contributed by atoms with E-state index in [9.17, 15) is 26.0 Å². The van der Waals surface area contributed by atoms with E-state index >= 15 is 4.39 Å². The van der Waals surface area contributed by atoms with Crippen molar-refractivity contribution in [3.8, 4) is 0 Å². The Labute approximate surface area is 231 Å². The van der Waals surface area contributed by atoms with E-state index in [4.69, 9.17) is 4.18 Å². The molecule has 0 amide bonds. The fourth-order valence-corrected chi connectivity index (χ4v) is 6.90. The molecule has 3 heterocycles. The number of aromatic nitrogens is 1. The molecule has 0 spiro atoms. The normalized spacial score (nSPS) is 20.4. The highest BCUT2D eigenvalue weighted by atomic mass is 32.2. The van der Waals surface area contributed by atoms with Crippen molar-refractivity contribution in [1.82, 2.24) is 9.88 Å². The maximum Gasteiger partial charge on any atom is 0.264 e. The van der Waals surface area contributed by atoms with E-state index in [1.165, 1.54) is 10.6 Å². The first kappa shape index (κ1) is 28.2. The third kappa shape index (κ3) is 5.50. The molecule has 40 heavy (non-hydrogen) atoms. The van der Waals surface area contributed by atoms with Crippen LogP contribution >= 0.6 is 0 Å². The molecular weight excluding hydrogens is 564 g/mol. The van der Waals surface area contributed by atoms with Gasteiger partial charge in [-0.2, -0.15) is 8.42 Å². The summed E-state index contributed by atoms with van der Waals surface area (Å²) in [7, 11) is -5.50. The zero-order valence-corrected chi connectivity index (χ0v) is 23.8. The third-order valence-corrected chi connectivity index (χ3v) is 8.69. The van der Waals surface area contributed by atoms with Gasteiger partial charge in [0.25, 0.3) is 15.7 Å². The molecule has 1 aliphatic carbocycles. The Morgan fingerprint density at radius 2 is 1.88 bits per heavy atom. The van der Waals surface area contributed by atoms with Crippen LogP contribution in [-0.4, -0.2) is 58.9 Å². The molecule has 0 saturated carbocycles.